The summed E-state index contributed by atoms with van der Waals surface area (Å²) in [6.07, 6.45) is 12.6. The Morgan fingerprint density at radius 2 is 2.07 bits per heavy atom. The van der Waals surface area contributed by atoms with Crippen LogP contribution in [0.3, 0.4) is 0 Å². The maximum absolute atomic E-state index is 4.20. The first-order valence-corrected chi connectivity index (χ1v) is 4.87. The van der Waals surface area contributed by atoms with Crippen molar-refractivity contribution >= 4 is 6.21 Å². The van der Waals surface area contributed by atoms with Crippen molar-refractivity contribution in [1.29, 1.82) is 0 Å². The third kappa shape index (κ3) is 7.29. The lowest BCUT2D eigenvalue weighted by Crippen LogP contribution is -1.72. The molecule has 0 bridgehead atoms. The summed E-state index contributed by atoms with van der Waals surface area (Å²) in [5.41, 5.74) is 2.23. The van der Waals surface area contributed by atoms with Gasteiger partial charge in [0.1, 0.15) is 0 Å². The molecule has 1 heteroatoms. The molecule has 14 heavy (non-hydrogen) atoms. The molecule has 0 aromatic carbocycles. The molecule has 0 aliphatic rings. The van der Waals surface area contributed by atoms with E-state index >= 15 is 0 Å². The highest BCUT2D eigenvalue weighted by molar-refractivity contribution is 5.72. The van der Waals surface area contributed by atoms with Gasteiger partial charge in [0.05, 0.1) is 0 Å². The minimum Gasteiger partial charge on any atom is -0.262 e. The molecule has 0 atom stereocenters. The first-order chi connectivity index (χ1) is 6.70. The van der Waals surface area contributed by atoms with Gasteiger partial charge >= 0.3 is 0 Å². The summed E-state index contributed by atoms with van der Waals surface area (Å²) < 4.78 is 0. The summed E-state index contributed by atoms with van der Waals surface area (Å²) >= 11 is 0. The maximum Gasteiger partial charge on any atom is 0.0372 e. The highest BCUT2D eigenvalue weighted by Crippen LogP contribution is 1.97. The van der Waals surface area contributed by atoms with Crippen molar-refractivity contribution in [3.8, 4) is 0 Å². The molecule has 0 aromatic rings. The van der Waals surface area contributed by atoms with E-state index in [0.717, 1.165) is 12.1 Å². The Hall–Kier alpha value is -1.37. The van der Waals surface area contributed by atoms with Crippen LogP contribution in [0.15, 0.2) is 53.2 Å². The second-order valence-electron chi connectivity index (χ2n) is 3.04. The number of hydrogen-bond donors (Lipinski definition) is 0. The van der Waals surface area contributed by atoms with Gasteiger partial charge in [-0.2, -0.15) is 0 Å². The van der Waals surface area contributed by atoms with Gasteiger partial charge in [-0.25, -0.2) is 0 Å². The lowest BCUT2D eigenvalue weighted by atomic mass is 10.2. The van der Waals surface area contributed by atoms with E-state index in [2.05, 4.69) is 31.5 Å². The first kappa shape index (κ1) is 12.6. The SMILES string of the molecule is C=C/C=C(C)/N=C\C=C/C(C)=C/CC. The number of aliphatic imine (C=N–C) groups is 1. The Morgan fingerprint density at radius 1 is 1.36 bits per heavy atom. The van der Waals surface area contributed by atoms with E-state index in [-0.39, 0.29) is 0 Å². The van der Waals surface area contributed by atoms with Crippen molar-refractivity contribution in [2.24, 2.45) is 4.99 Å². The van der Waals surface area contributed by atoms with E-state index in [4.69, 9.17) is 0 Å². The number of nitrogens with zero attached hydrogens (tertiary/aromatic N) is 1. The lowest BCUT2D eigenvalue weighted by Gasteiger charge is -1.88. The molecule has 0 saturated carbocycles. The molecule has 1 nitrogen and oxygen atoms in total. The summed E-state index contributed by atoms with van der Waals surface area (Å²) in [6.45, 7) is 9.76. The van der Waals surface area contributed by atoms with Crippen LogP contribution >= 0.6 is 0 Å². The smallest absolute Gasteiger partial charge is 0.0372 e. The van der Waals surface area contributed by atoms with Gasteiger partial charge in [0.15, 0.2) is 0 Å². The van der Waals surface area contributed by atoms with Gasteiger partial charge in [-0.1, -0.05) is 37.3 Å². The third-order valence-corrected chi connectivity index (χ3v) is 1.61. The van der Waals surface area contributed by atoms with Crippen LogP contribution in [0.2, 0.25) is 0 Å². The molecule has 0 N–H and O–H groups in total. The van der Waals surface area contributed by atoms with Crippen LogP contribution in [0, 0.1) is 0 Å². The van der Waals surface area contributed by atoms with Crippen LogP contribution in [-0.2, 0) is 0 Å². The molecule has 0 aliphatic heterocycles. The van der Waals surface area contributed by atoms with Gasteiger partial charge < -0.3 is 0 Å². The van der Waals surface area contributed by atoms with E-state index in [9.17, 15) is 0 Å². The summed E-state index contributed by atoms with van der Waals surface area (Å²) in [4.78, 5) is 4.20. The fraction of sp³-hybridized carbons (Fsp3) is 0.308. The van der Waals surface area contributed by atoms with Gasteiger partial charge in [0.25, 0.3) is 0 Å². The predicted octanol–water partition coefficient (Wildman–Crippen LogP) is 4.06. The molecule has 0 rings (SSSR count). The fourth-order valence-corrected chi connectivity index (χ4v) is 0.959. The second kappa shape index (κ2) is 8.24. The van der Waals surface area contributed by atoms with Crippen LogP contribution in [0.4, 0.5) is 0 Å². The minimum absolute atomic E-state index is 0.960. The quantitative estimate of drug-likeness (QED) is 0.457. The number of rotatable bonds is 5. The zero-order chi connectivity index (χ0) is 10.8. The Labute approximate surface area is 87.3 Å². The van der Waals surface area contributed by atoms with Crippen LogP contribution in [0.25, 0.3) is 0 Å². The predicted molar refractivity (Wildman–Crippen MR) is 65.6 cm³/mol. The van der Waals surface area contributed by atoms with Gasteiger partial charge in [-0.3, -0.25) is 4.99 Å². The molecule has 0 aliphatic carbocycles. The summed E-state index contributed by atoms with van der Waals surface area (Å²) in [5.74, 6) is 0. The lowest BCUT2D eigenvalue weighted by molar-refractivity contribution is 1.20. The van der Waals surface area contributed by atoms with Crippen molar-refractivity contribution in [3.05, 3.63) is 48.2 Å². The highest BCUT2D eigenvalue weighted by Gasteiger charge is 1.78. The standard InChI is InChI=1S/C13H19N/c1-5-8-12(3)10-7-11-14-13(4)9-6-2/h6-11H,2,5H2,1,3-4H3/b10-7-,12-8+,13-9+,14-11-. The Morgan fingerprint density at radius 3 is 2.64 bits per heavy atom. The van der Waals surface area contributed by atoms with Gasteiger partial charge in [0.2, 0.25) is 0 Å². The molecule has 0 saturated heterocycles. The third-order valence-electron chi connectivity index (χ3n) is 1.61. The average molecular weight is 189 g/mol. The Balaban J connectivity index is 4.11. The zero-order valence-corrected chi connectivity index (χ0v) is 9.33. The molecular formula is C13H19N. The summed E-state index contributed by atoms with van der Waals surface area (Å²) in [7, 11) is 0. The van der Waals surface area contributed by atoms with Crippen molar-refractivity contribution in [3.63, 3.8) is 0 Å². The maximum atomic E-state index is 4.20. The molecule has 76 valence electrons. The number of hydrogen-bond acceptors (Lipinski definition) is 1. The molecule has 0 spiro atoms. The van der Waals surface area contributed by atoms with Crippen molar-refractivity contribution in [1.82, 2.24) is 0 Å². The van der Waals surface area contributed by atoms with Crippen LogP contribution < -0.4 is 0 Å². The van der Waals surface area contributed by atoms with Crippen LogP contribution in [-0.4, -0.2) is 6.21 Å². The van der Waals surface area contributed by atoms with Crippen LogP contribution in [0.1, 0.15) is 27.2 Å². The van der Waals surface area contributed by atoms with Crippen molar-refractivity contribution < 1.29 is 0 Å². The first-order valence-electron chi connectivity index (χ1n) is 4.87. The normalized spacial score (nSPS) is 14.2. The Bertz CT molecular complexity index is 278. The summed E-state index contributed by atoms with van der Waals surface area (Å²) in [5, 5.41) is 0. The molecule has 0 unspecified atom stereocenters. The molecule has 0 aromatic heterocycles. The van der Waals surface area contributed by atoms with Gasteiger partial charge in [-0.05, 0) is 32.4 Å². The number of allylic oxidation sites excluding steroid dienone is 7. The molecule has 0 heterocycles. The largest absolute Gasteiger partial charge is 0.262 e. The van der Waals surface area contributed by atoms with Crippen molar-refractivity contribution in [2.45, 2.75) is 27.2 Å². The Kier molecular flexibility index (Phi) is 7.43. The van der Waals surface area contributed by atoms with Crippen LogP contribution in [0.5, 0.6) is 0 Å². The van der Waals surface area contributed by atoms with Gasteiger partial charge in [-0.15, -0.1) is 0 Å². The molecule has 0 radical (unpaired) electrons. The van der Waals surface area contributed by atoms with E-state index in [1.165, 1.54) is 5.57 Å². The average Bonchev–Trinajstić information content (AvgIpc) is 2.13. The van der Waals surface area contributed by atoms with E-state index in [1.807, 2.05) is 25.2 Å². The van der Waals surface area contributed by atoms with E-state index in [1.54, 1.807) is 12.3 Å². The molecular weight excluding hydrogens is 170 g/mol. The van der Waals surface area contributed by atoms with E-state index in [0.29, 0.717) is 0 Å². The minimum atomic E-state index is 0.960. The van der Waals surface area contributed by atoms with E-state index < -0.39 is 0 Å². The fourth-order valence-electron chi connectivity index (χ4n) is 0.959. The monoisotopic (exact) mass is 189 g/mol. The summed E-state index contributed by atoms with van der Waals surface area (Å²) in [6, 6.07) is 0. The van der Waals surface area contributed by atoms with Gasteiger partial charge in [0, 0.05) is 11.9 Å². The second-order valence-corrected chi connectivity index (χ2v) is 3.04. The molecule has 0 amide bonds. The van der Waals surface area contributed by atoms with Crippen molar-refractivity contribution in [2.75, 3.05) is 0 Å². The topological polar surface area (TPSA) is 12.4 Å². The zero-order valence-electron chi connectivity index (χ0n) is 9.33. The molecule has 0 fully saturated rings. The highest BCUT2D eigenvalue weighted by atomic mass is 14.7.